The lowest BCUT2D eigenvalue weighted by molar-refractivity contribution is -0.161. The van der Waals surface area contributed by atoms with Crippen molar-refractivity contribution in [2.24, 2.45) is 0 Å². The number of phosphoric ester groups is 1. The van der Waals surface area contributed by atoms with E-state index in [9.17, 15) is 19.0 Å². The zero-order chi connectivity index (χ0) is 38.9. The van der Waals surface area contributed by atoms with Gasteiger partial charge in [-0.05, 0) is 57.8 Å². The Hall–Kier alpha value is -1.47. The van der Waals surface area contributed by atoms with Gasteiger partial charge in [0.15, 0.2) is 6.10 Å². The van der Waals surface area contributed by atoms with E-state index < -0.39 is 26.5 Å². The van der Waals surface area contributed by atoms with Crippen LogP contribution >= 0.6 is 7.82 Å². The van der Waals surface area contributed by atoms with Crippen LogP contribution in [0.1, 0.15) is 219 Å². The van der Waals surface area contributed by atoms with Crippen LogP contribution < -0.4 is 0 Å². The van der Waals surface area contributed by atoms with Crippen molar-refractivity contribution in [3.05, 3.63) is 24.3 Å². The SMILES string of the molecule is CCCC/C=C\CCCCCCCC(=O)OCC(COP(=O)(O)OC)OC(=O)CCCCCCCCCCCCC/C=C\CCCCCCCCCC. The minimum Gasteiger partial charge on any atom is -0.462 e. The van der Waals surface area contributed by atoms with Gasteiger partial charge in [0.2, 0.25) is 0 Å². The van der Waals surface area contributed by atoms with Crippen molar-refractivity contribution in [3.63, 3.8) is 0 Å². The third-order valence-electron chi connectivity index (χ3n) is 9.67. The van der Waals surface area contributed by atoms with E-state index in [1.54, 1.807) is 0 Å². The molecule has 0 heterocycles. The van der Waals surface area contributed by atoms with Gasteiger partial charge < -0.3 is 14.4 Å². The van der Waals surface area contributed by atoms with Crippen molar-refractivity contribution in [1.82, 2.24) is 0 Å². The molecule has 0 aromatic rings. The number of carbonyl (C=O) groups is 2. The van der Waals surface area contributed by atoms with Crippen LogP contribution in [0.2, 0.25) is 0 Å². The van der Waals surface area contributed by atoms with Gasteiger partial charge >= 0.3 is 19.8 Å². The second-order valence-corrected chi connectivity index (χ2v) is 16.4. The molecule has 0 saturated carbocycles. The van der Waals surface area contributed by atoms with E-state index in [0.29, 0.717) is 6.42 Å². The van der Waals surface area contributed by atoms with Crippen molar-refractivity contribution in [3.8, 4) is 0 Å². The second kappa shape index (κ2) is 40.2. The van der Waals surface area contributed by atoms with Gasteiger partial charge in [0.25, 0.3) is 0 Å². The molecule has 9 heteroatoms. The molecule has 0 fully saturated rings. The number of phosphoric acid groups is 1. The summed E-state index contributed by atoms with van der Waals surface area (Å²) in [5.74, 6) is -0.810. The minimum atomic E-state index is -4.26. The number of hydrogen-bond acceptors (Lipinski definition) is 7. The minimum absolute atomic E-state index is 0.227. The highest BCUT2D eigenvalue weighted by molar-refractivity contribution is 7.47. The highest BCUT2D eigenvalue weighted by Gasteiger charge is 2.24. The zero-order valence-corrected chi connectivity index (χ0v) is 35.6. The van der Waals surface area contributed by atoms with Gasteiger partial charge in [0.1, 0.15) is 6.61 Å². The van der Waals surface area contributed by atoms with E-state index >= 15 is 0 Å². The average molecular weight is 771 g/mol. The Labute approximate surface area is 326 Å². The van der Waals surface area contributed by atoms with Crippen molar-refractivity contribution in [2.75, 3.05) is 20.3 Å². The number of esters is 2. The lowest BCUT2D eigenvalue weighted by Gasteiger charge is -2.19. The van der Waals surface area contributed by atoms with Crippen LogP contribution in [0.4, 0.5) is 0 Å². The number of hydrogen-bond donors (Lipinski definition) is 1. The summed E-state index contributed by atoms with van der Waals surface area (Å²) in [4.78, 5) is 34.4. The molecule has 0 rings (SSSR count). The third kappa shape index (κ3) is 40.0. The van der Waals surface area contributed by atoms with E-state index in [4.69, 9.17) is 14.0 Å². The van der Waals surface area contributed by atoms with E-state index in [0.717, 1.165) is 64.9 Å². The summed E-state index contributed by atoms with van der Waals surface area (Å²) in [5, 5.41) is 0. The molecular formula is C44H83O8P. The van der Waals surface area contributed by atoms with Crippen molar-refractivity contribution in [1.29, 1.82) is 0 Å². The molecule has 0 aromatic heterocycles. The van der Waals surface area contributed by atoms with Crippen LogP contribution in [-0.2, 0) is 32.7 Å². The molecule has 0 amide bonds. The van der Waals surface area contributed by atoms with E-state index in [2.05, 4.69) is 42.7 Å². The maximum Gasteiger partial charge on any atom is 0.472 e. The molecule has 0 radical (unpaired) electrons. The lowest BCUT2D eigenvalue weighted by atomic mass is 10.0. The summed E-state index contributed by atoms with van der Waals surface area (Å²) in [6.45, 7) is 3.85. The molecule has 0 aromatic carbocycles. The Bertz CT molecular complexity index is 921. The van der Waals surface area contributed by atoms with Crippen molar-refractivity contribution < 1.29 is 37.6 Å². The molecule has 0 bridgehead atoms. The number of unbranched alkanes of at least 4 members (excludes halogenated alkanes) is 26. The van der Waals surface area contributed by atoms with Crippen LogP contribution in [0.3, 0.4) is 0 Å². The first-order valence-corrected chi connectivity index (χ1v) is 23.5. The van der Waals surface area contributed by atoms with Gasteiger partial charge in [-0.1, -0.05) is 173 Å². The largest absolute Gasteiger partial charge is 0.472 e. The van der Waals surface area contributed by atoms with E-state index in [1.807, 2.05) is 0 Å². The summed E-state index contributed by atoms with van der Waals surface area (Å²) in [6, 6.07) is 0. The molecule has 53 heavy (non-hydrogen) atoms. The first kappa shape index (κ1) is 51.5. The van der Waals surface area contributed by atoms with E-state index in [-0.39, 0.29) is 25.4 Å². The lowest BCUT2D eigenvalue weighted by Crippen LogP contribution is -2.29. The number of allylic oxidation sites excluding steroid dienone is 4. The Balaban J connectivity index is 3.89. The Morgan fingerprint density at radius 2 is 0.868 bits per heavy atom. The predicted octanol–water partition coefficient (Wildman–Crippen LogP) is 13.8. The molecule has 8 nitrogen and oxygen atoms in total. The Morgan fingerprint density at radius 3 is 1.28 bits per heavy atom. The molecule has 2 unspecified atom stereocenters. The van der Waals surface area contributed by atoms with E-state index in [1.165, 1.54) is 128 Å². The summed E-state index contributed by atoms with van der Waals surface area (Å²) in [6.07, 6.45) is 45.3. The van der Waals surface area contributed by atoms with Crippen molar-refractivity contribution >= 4 is 19.8 Å². The smallest absolute Gasteiger partial charge is 0.462 e. The molecule has 0 aliphatic rings. The second-order valence-electron chi connectivity index (χ2n) is 14.8. The maximum atomic E-state index is 12.5. The van der Waals surface area contributed by atoms with Gasteiger partial charge in [-0.25, -0.2) is 4.57 Å². The summed E-state index contributed by atoms with van der Waals surface area (Å²) >= 11 is 0. The number of carbonyl (C=O) groups excluding carboxylic acids is 2. The molecule has 0 aliphatic carbocycles. The van der Waals surface area contributed by atoms with Gasteiger partial charge in [-0.2, -0.15) is 0 Å². The zero-order valence-electron chi connectivity index (χ0n) is 34.7. The molecule has 2 atom stereocenters. The molecule has 0 spiro atoms. The summed E-state index contributed by atoms with van der Waals surface area (Å²) < 4.78 is 31.9. The predicted molar refractivity (Wildman–Crippen MR) is 221 cm³/mol. The van der Waals surface area contributed by atoms with Gasteiger partial charge in [-0.15, -0.1) is 0 Å². The van der Waals surface area contributed by atoms with Crippen LogP contribution in [0, 0.1) is 0 Å². The monoisotopic (exact) mass is 771 g/mol. The topological polar surface area (TPSA) is 108 Å². The maximum absolute atomic E-state index is 12.5. The standard InChI is InChI=1S/C44H83O8P/c1-4-6-8-10-12-14-16-17-18-19-20-21-22-23-24-25-26-27-29-31-33-35-37-39-44(46)52-42(41-51-53(47,48)49-3)40-50-43(45)38-36-34-32-30-28-15-13-11-9-7-5-2/h11,13,19-20,42H,4-10,12,14-18,21-41H2,1-3H3,(H,47,48)/b13-11-,20-19-. The average Bonchev–Trinajstić information content (AvgIpc) is 3.15. The fourth-order valence-corrected chi connectivity index (χ4v) is 6.68. The number of rotatable bonds is 41. The van der Waals surface area contributed by atoms with Crippen LogP contribution in [-0.4, -0.2) is 43.3 Å². The molecular weight excluding hydrogens is 687 g/mol. The highest BCUT2D eigenvalue weighted by atomic mass is 31.2. The Morgan fingerprint density at radius 1 is 0.509 bits per heavy atom. The van der Waals surface area contributed by atoms with Gasteiger partial charge in [0.05, 0.1) is 6.61 Å². The summed E-state index contributed by atoms with van der Waals surface area (Å²) in [7, 11) is -3.20. The third-order valence-corrected chi connectivity index (χ3v) is 10.6. The van der Waals surface area contributed by atoms with Gasteiger partial charge in [0, 0.05) is 20.0 Å². The molecule has 0 aliphatic heterocycles. The van der Waals surface area contributed by atoms with Gasteiger partial charge in [-0.3, -0.25) is 18.6 Å². The number of ether oxygens (including phenoxy) is 2. The fourth-order valence-electron chi connectivity index (χ4n) is 6.22. The fraction of sp³-hybridized carbons (Fsp3) is 0.864. The Kier molecular flexibility index (Phi) is 39.1. The summed E-state index contributed by atoms with van der Waals surface area (Å²) in [5.41, 5.74) is 0. The first-order chi connectivity index (χ1) is 25.8. The normalized spacial score (nSPS) is 13.5. The quantitative estimate of drug-likeness (QED) is 0.0283. The molecule has 1 N–H and O–H groups in total. The molecule has 312 valence electrons. The van der Waals surface area contributed by atoms with Crippen LogP contribution in [0.15, 0.2) is 24.3 Å². The highest BCUT2D eigenvalue weighted by Crippen LogP contribution is 2.42. The van der Waals surface area contributed by atoms with Crippen LogP contribution in [0.5, 0.6) is 0 Å². The first-order valence-electron chi connectivity index (χ1n) is 22.0. The van der Waals surface area contributed by atoms with Crippen molar-refractivity contribution in [2.45, 2.75) is 225 Å². The van der Waals surface area contributed by atoms with Crippen LogP contribution in [0.25, 0.3) is 0 Å². The molecule has 0 saturated heterocycles.